The third kappa shape index (κ3) is 2.79. The quantitative estimate of drug-likeness (QED) is 0.822. The first-order valence-electron chi connectivity index (χ1n) is 9.96. The lowest BCUT2D eigenvalue weighted by molar-refractivity contribution is -0.0743. The van der Waals surface area contributed by atoms with E-state index in [0.29, 0.717) is 5.56 Å². The Kier molecular flexibility index (Phi) is 3.85. The lowest BCUT2D eigenvalue weighted by Gasteiger charge is -2.58. The summed E-state index contributed by atoms with van der Waals surface area (Å²) in [5, 5.41) is 0. The Balaban J connectivity index is 1.23. The maximum atomic E-state index is 13.1. The minimum Gasteiger partial charge on any atom is -0.336 e. The van der Waals surface area contributed by atoms with E-state index in [9.17, 15) is 9.18 Å². The summed E-state index contributed by atoms with van der Waals surface area (Å²) in [6.45, 7) is 3.61. The minimum absolute atomic E-state index is 0.0460. The molecule has 6 rings (SSSR count). The second kappa shape index (κ2) is 6.08. The molecule has 4 saturated carbocycles. The van der Waals surface area contributed by atoms with E-state index in [0.717, 1.165) is 55.9 Å². The van der Waals surface area contributed by atoms with Crippen molar-refractivity contribution >= 4 is 5.91 Å². The van der Waals surface area contributed by atoms with Crippen molar-refractivity contribution < 1.29 is 9.18 Å². The van der Waals surface area contributed by atoms with Crippen molar-refractivity contribution in [3.63, 3.8) is 0 Å². The molecular formula is C21H27FN2O. The van der Waals surface area contributed by atoms with Gasteiger partial charge in [0.15, 0.2) is 0 Å². The first kappa shape index (κ1) is 15.8. The Hall–Kier alpha value is -1.42. The summed E-state index contributed by atoms with van der Waals surface area (Å²) in [4.78, 5) is 17.3. The molecule has 4 heteroatoms. The lowest BCUT2D eigenvalue weighted by Crippen LogP contribution is -2.60. The highest BCUT2D eigenvalue weighted by molar-refractivity contribution is 5.94. The lowest BCUT2D eigenvalue weighted by atomic mass is 9.54. The number of benzene rings is 1. The van der Waals surface area contributed by atoms with Gasteiger partial charge in [0.05, 0.1) is 0 Å². The SMILES string of the molecule is O=C(c1ccc(F)cc1)N1CCN(C2C3CC4CC(C3)CC2C4)CC1. The van der Waals surface area contributed by atoms with Gasteiger partial charge >= 0.3 is 0 Å². The Morgan fingerprint density at radius 3 is 1.96 bits per heavy atom. The van der Waals surface area contributed by atoms with Crippen LogP contribution in [0.4, 0.5) is 4.39 Å². The molecule has 3 nitrogen and oxygen atoms in total. The zero-order valence-electron chi connectivity index (χ0n) is 14.7. The van der Waals surface area contributed by atoms with Crippen LogP contribution < -0.4 is 0 Å². The molecule has 1 aromatic carbocycles. The fourth-order valence-electron chi connectivity index (χ4n) is 6.49. The summed E-state index contributed by atoms with van der Waals surface area (Å²) < 4.78 is 13.1. The van der Waals surface area contributed by atoms with E-state index < -0.39 is 0 Å². The second-order valence-electron chi connectivity index (χ2n) is 8.76. The molecule has 0 spiro atoms. The highest BCUT2D eigenvalue weighted by atomic mass is 19.1. The average molecular weight is 342 g/mol. The first-order valence-corrected chi connectivity index (χ1v) is 9.96. The van der Waals surface area contributed by atoms with Crippen LogP contribution in [0.25, 0.3) is 0 Å². The fourth-order valence-corrected chi connectivity index (χ4v) is 6.49. The van der Waals surface area contributed by atoms with E-state index in [1.54, 1.807) is 12.1 Å². The topological polar surface area (TPSA) is 23.6 Å². The molecule has 0 atom stereocenters. The molecule has 5 fully saturated rings. The van der Waals surface area contributed by atoms with E-state index in [1.807, 2.05) is 4.90 Å². The fraction of sp³-hybridized carbons (Fsp3) is 0.667. The number of hydrogen-bond acceptors (Lipinski definition) is 2. The average Bonchev–Trinajstić information content (AvgIpc) is 2.61. The first-order chi connectivity index (χ1) is 12.2. The zero-order chi connectivity index (χ0) is 17.0. The summed E-state index contributed by atoms with van der Waals surface area (Å²) in [7, 11) is 0. The highest BCUT2D eigenvalue weighted by Gasteiger charge is 2.50. The van der Waals surface area contributed by atoms with Crippen molar-refractivity contribution in [2.75, 3.05) is 26.2 Å². The summed E-state index contributed by atoms with van der Waals surface area (Å²) in [5.74, 6) is 3.61. The summed E-state index contributed by atoms with van der Waals surface area (Å²) in [6, 6.07) is 6.72. The van der Waals surface area contributed by atoms with Crippen LogP contribution in [0.15, 0.2) is 24.3 Å². The third-order valence-electron chi connectivity index (χ3n) is 7.29. The van der Waals surface area contributed by atoms with Crippen molar-refractivity contribution in [3.05, 3.63) is 35.6 Å². The number of hydrogen-bond donors (Lipinski definition) is 0. The van der Waals surface area contributed by atoms with Crippen molar-refractivity contribution in [1.29, 1.82) is 0 Å². The second-order valence-corrected chi connectivity index (χ2v) is 8.76. The van der Waals surface area contributed by atoms with Crippen LogP contribution in [-0.4, -0.2) is 47.9 Å². The summed E-state index contributed by atoms with van der Waals surface area (Å²) in [5.41, 5.74) is 0.601. The molecule has 4 bridgehead atoms. The standard InChI is InChI=1S/C21H27FN2O/c22-19-3-1-16(2-4-19)21(25)24-7-5-23(6-8-24)20-17-10-14-9-15(12-17)13-18(20)11-14/h1-4,14-15,17-18,20H,5-13H2. The summed E-state index contributed by atoms with van der Waals surface area (Å²) in [6.07, 6.45) is 7.30. The maximum absolute atomic E-state index is 13.1. The Bertz CT molecular complexity index is 622. The van der Waals surface area contributed by atoms with Crippen LogP contribution in [0.1, 0.15) is 42.5 Å². The molecular weight excluding hydrogens is 315 g/mol. The Labute approximate surface area is 149 Å². The van der Waals surface area contributed by atoms with Gasteiger partial charge in [0, 0.05) is 37.8 Å². The van der Waals surface area contributed by atoms with Gasteiger partial charge in [-0.25, -0.2) is 4.39 Å². The predicted molar refractivity (Wildman–Crippen MR) is 94.7 cm³/mol. The van der Waals surface area contributed by atoms with Crippen LogP contribution in [0, 0.1) is 29.5 Å². The summed E-state index contributed by atoms with van der Waals surface area (Å²) >= 11 is 0. The van der Waals surface area contributed by atoms with Crippen molar-refractivity contribution in [3.8, 4) is 0 Å². The van der Waals surface area contributed by atoms with Gasteiger partial charge in [-0.3, -0.25) is 9.69 Å². The predicted octanol–water partition coefficient (Wildman–Crippen LogP) is 3.41. The van der Waals surface area contributed by atoms with E-state index in [1.165, 1.54) is 44.2 Å². The van der Waals surface area contributed by atoms with Gasteiger partial charge in [0.1, 0.15) is 5.82 Å². The monoisotopic (exact) mass is 342 g/mol. The number of halogens is 1. The Morgan fingerprint density at radius 2 is 1.40 bits per heavy atom. The highest BCUT2D eigenvalue weighted by Crippen LogP contribution is 2.55. The zero-order valence-corrected chi connectivity index (χ0v) is 14.7. The molecule has 1 aromatic rings. The minimum atomic E-state index is -0.289. The van der Waals surface area contributed by atoms with Gasteiger partial charge in [-0.2, -0.15) is 0 Å². The molecule has 1 heterocycles. The molecule has 1 aliphatic heterocycles. The van der Waals surface area contributed by atoms with Gasteiger partial charge in [-0.15, -0.1) is 0 Å². The van der Waals surface area contributed by atoms with E-state index in [4.69, 9.17) is 0 Å². The largest absolute Gasteiger partial charge is 0.336 e. The smallest absolute Gasteiger partial charge is 0.253 e. The molecule has 0 radical (unpaired) electrons. The number of carbonyl (C=O) groups excluding carboxylic acids is 1. The molecule has 5 aliphatic rings. The van der Waals surface area contributed by atoms with Gasteiger partial charge in [-0.1, -0.05) is 0 Å². The van der Waals surface area contributed by atoms with Crippen LogP contribution in [0.3, 0.4) is 0 Å². The van der Waals surface area contributed by atoms with Crippen LogP contribution in [0.2, 0.25) is 0 Å². The van der Waals surface area contributed by atoms with Gasteiger partial charge in [-0.05, 0) is 80.0 Å². The molecule has 0 N–H and O–H groups in total. The molecule has 4 aliphatic carbocycles. The molecule has 1 amide bonds. The van der Waals surface area contributed by atoms with Crippen molar-refractivity contribution in [1.82, 2.24) is 9.80 Å². The number of rotatable bonds is 2. The number of carbonyl (C=O) groups is 1. The van der Waals surface area contributed by atoms with Gasteiger partial charge in [0.25, 0.3) is 5.91 Å². The Morgan fingerprint density at radius 1 is 0.840 bits per heavy atom. The van der Waals surface area contributed by atoms with Crippen LogP contribution >= 0.6 is 0 Å². The van der Waals surface area contributed by atoms with Gasteiger partial charge in [0.2, 0.25) is 0 Å². The van der Waals surface area contributed by atoms with Crippen molar-refractivity contribution in [2.45, 2.75) is 38.1 Å². The van der Waals surface area contributed by atoms with E-state index in [2.05, 4.69) is 4.90 Å². The normalized spacial score (nSPS) is 37.5. The molecule has 25 heavy (non-hydrogen) atoms. The molecule has 1 saturated heterocycles. The maximum Gasteiger partial charge on any atom is 0.253 e. The van der Waals surface area contributed by atoms with E-state index in [-0.39, 0.29) is 11.7 Å². The van der Waals surface area contributed by atoms with Crippen molar-refractivity contribution in [2.24, 2.45) is 23.7 Å². The number of amides is 1. The number of piperazine rings is 1. The molecule has 0 unspecified atom stereocenters. The van der Waals surface area contributed by atoms with Crippen LogP contribution in [-0.2, 0) is 0 Å². The molecule has 134 valence electrons. The van der Waals surface area contributed by atoms with E-state index >= 15 is 0 Å². The molecule has 0 aromatic heterocycles. The third-order valence-corrected chi connectivity index (χ3v) is 7.29. The van der Waals surface area contributed by atoms with Gasteiger partial charge < -0.3 is 4.90 Å². The van der Waals surface area contributed by atoms with Crippen LogP contribution in [0.5, 0.6) is 0 Å². The number of nitrogens with zero attached hydrogens (tertiary/aromatic N) is 2.